The minimum Gasteiger partial charge on any atom is -0.364 e. The quantitative estimate of drug-likeness (QED) is 0.713. The van der Waals surface area contributed by atoms with Crippen molar-refractivity contribution in [2.45, 2.75) is 39.9 Å². The molecule has 1 aliphatic rings. The first-order valence-corrected chi connectivity index (χ1v) is 8.47. The topological polar surface area (TPSA) is 71.9 Å². The highest BCUT2D eigenvalue weighted by molar-refractivity contribution is 5.95. The number of hydrogen-bond acceptors (Lipinski definition) is 3. The minimum absolute atomic E-state index is 0.0128. The molecule has 2 amide bonds. The Morgan fingerprint density at radius 1 is 1.17 bits per heavy atom. The van der Waals surface area contributed by atoms with Crippen LogP contribution in [0.25, 0.3) is 0 Å². The van der Waals surface area contributed by atoms with Crippen molar-refractivity contribution < 1.29 is 19.2 Å². The van der Waals surface area contributed by atoms with Crippen LogP contribution < -0.4 is 15.5 Å². The summed E-state index contributed by atoms with van der Waals surface area (Å²) < 4.78 is 5.67. The molecule has 2 atom stereocenters. The number of aryl methyl sites for hydroxylation is 1. The van der Waals surface area contributed by atoms with Crippen LogP contribution in [-0.2, 0) is 14.3 Å². The van der Waals surface area contributed by atoms with Gasteiger partial charge in [0.05, 0.1) is 6.54 Å². The molecule has 1 fully saturated rings. The lowest BCUT2D eigenvalue weighted by Crippen LogP contribution is -3.16. The molecule has 0 radical (unpaired) electrons. The SMILES string of the molecule is Cc1cccc(NC(=O)CNC(=O)C[NH+]2C[C@H](C)O[C@@H](C)C2)c1C. The van der Waals surface area contributed by atoms with Crippen LogP contribution in [0.15, 0.2) is 18.2 Å². The molecular weight excluding hydrogens is 306 g/mol. The summed E-state index contributed by atoms with van der Waals surface area (Å²) in [6, 6.07) is 5.77. The number of ether oxygens (including phenoxy) is 1. The molecule has 0 saturated carbocycles. The number of carbonyl (C=O) groups excluding carboxylic acids is 2. The van der Waals surface area contributed by atoms with Crippen LogP contribution in [0, 0.1) is 13.8 Å². The summed E-state index contributed by atoms with van der Waals surface area (Å²) in [5.74, 6) is -0.321. The smallest absolute Gasteiger partial charge is 0.275 e. The van der Waals surface area contributed by atoms with E-state index in [1.165, 1.54) is 4.90 Å². The zero-order valence-corrected chi connectivity index (χ0v) is 14.9. The van der Waals surface area contributed by atoms with Crippen molar-refractivity contribution in [3.63, 3.8) is 0 Å². The van der Waals surface area contributed by atoms with E-state index in [1.54, 1.807) is 0 Å². The minimum atomic E-state index is -0.212. The summed E-state index contributed by atoms with van der Waals surface area (Å²) in [6.07, 6.45) is 0.313. The van der Waals surface area contributed by atoms with E-state index in [1.807, 2.05) is 45.9 Å². The Balaban J connectivity index is 1.77. The third kappa shape index (κ3) is 5.32. The largest absolute Gasteiger partial charge is 0.364 e. The number of quaternary nitrogens is 1. The number of nitrogens with one attached hydrogen (secondary N) is 3. The molecule has 3 N–H and O–H groups in total. The van der Waals surface area contributed by atoms with Crippen molar-refractivity contribution >= 4 is 17.5 Å². The molecule has 0 aliphatic carbocycles. The monoisotopic (exact) mass is 334 g/mol. The van der Waals surface area contributed by atoms with Crippen LogP contribution in [0.2, 0.25) is 0 Å². The number of amides is 2. The number of carbonyl (C=O) groups is 2. The first-order chi connectivity index (χ1) is 11.3. The van der Waals surface area contributed by atoms with Crippen LogP contribution >= 0.6 is 0 Å². The number of benzene rings is 1. The normalized spacial score (nSPS) is 23.6. The van der Waals surface area contributed by atoms with E-state index < -0.39 is 0 Å². The molecule has 1 aliphatic heterocycles. The molecule has 0 bridgehead atoms. The van der Waals surface area contributed by atoms with Gasteiger partial charge in [0, 0.05) is 5.69 Å². The van der Waals surface area contributed by atoms with E-state index in [4.69, 9.17) is 4.74 Å². The van der Waals surface area contributed by atoms with Gasteiger partial charge in [0.1, 0.15) is 25.3 Å². The van der Waals surface area contributed by atoms with Gasteiger partial charge in [-0.25, -0.2) is 0 Å². The first kappa shape index (κ1) is 18.4. The summed E-state index contributed by atoms with van der Waals surface area (Å²) in [5.41, 5.74) is 2.95. The molecule has 2 rings (SSSR count). The zero-order chi connectivity index (χ0) is 17.7. The fourth-order valence-corrected chi connectivity index (χ4v) is 3.08. The lowest BCUT2D eigenvalue weighted by atomic mass is 10.1. The number of rotatable bonds is 5. The van der Waals surface area contributed by atoms with Gasteiger partial charge in [-0.15, -0.1) is 0 Å². The molecule has 6 nitrogen and oxygen atoms in total. The summed E-state index contributed by atoms with van der Waals surface area (Å²) in [4.78, 5) is 25.3. The van der Waals surface area contributed by atoms with Gasteiger partial charge in [-0.1, -0.05) is 12.1 Å². The Morgan fingerprint density at radius 3 is 2.50 bits per heavy atom. The van der Waals surface area contributed by atoms with Crippen LogP contribution in [0.3, 0.4) is 0 Å². The van der Waals surface area contributed by atoms with Crippen molar-refractivity contribution in [2.75, 3.05) is 31.5 Å². The lowest BCUT2D eigenvalue weighted by Gasteiger charge is -2.31. The molecule has 0 aromatic heterocycles. The van der Waals surface area contributed by atoms with E-state index in [0.717, 1.165) is 29.9 Å². The van der Waals surface area contributed by atoms with Gasteiger partial charge in [-0.05, 0) is 44.9 Å². The fourth-order valence-electron chi connectivity index (χ4n) is 3.08. The predicted molar refractivity (Wildman–Crippen MR) is 93.1 cm³/mol. The van der Waals surface area contributed by atoms with E-state index in [9.17, 15) is 9.59 Å². The number of hydrogen-bond donors (Lipinski definition) is 3. The van der Waals surface area contributed by atoms with Gasteiger partial charge in [0.2, 0.25) is 5.91 Å². The standard InChI is InChI=1S/C18H27N3O3/c1-12-6-5-7-16(15(12)4)20-17(22)8-19-18(23)11-21-9-13(2)24-14(3)10-21/h5-7,13-14H,8-11H2,1-4H3,(H,19,23)(H,20,22)/p+1/t13-,14-/m0/s1. The fraction of sp³-hybridized carbons (Fsp3) is 0.556. The Kier molecular flexibility index (Phi) is 6.34. The molecular formula is C18H28N3O3+. The summed E-state index contributed by atoms with van der Waals surface area (Å²) in [6.45, 7) is 9.98. The summed E-state index contributed by atoms with van der Waals surface area (Å²) in [7, 11) is 0. The molecule has 1 heterocycles. The van der Waals surface area contributed by atoms with Crippen molar-refractivity contribution in [1.82, 2.24) is 5.32 Å². The number of morpholine rings is 1. The van der Waals surface area contributed by atoms with Crippen LogP contribution in [0.1, 0.15) is 25.0 Å². The molecule has 1 aromatic rings. The van der Waals surface area contributed by atoms with E-state index in [-0.39, 0.29) is 30.6 Å². The van der Waals surface area contributed by atoms with Crippen molar-refractivity contribution in [2.24, 2.45) is 0 Å². The van der Waals surface area contributed by atoms with Gasteiger partial charge in [0.25, 0.3) is 5.91 Å². The Bertz CT molecular complexity index is 593. The highest BCUT2D eigenvalue weighted by Crippen LogP contribution is 2.17. The average molecular weight is 334 g/mol. The second kappa shape index (κ2) is 8.26. The third-order valence-corrected chi connectivity index (χ3v) is 4.35. The molecule has 1 saturated heterocycles. The molecule has 1 aromatic carbocycles. The maximum Gasteiger partial charge on any atom is 0.275 e. The van der Waals surface area contributed by atoms with Gasteiger partial charge in [-0.3, -0.25) is 9.59 Å². The van der Waals surface area contributed by atoms with Gasteiger partial charge >= 0.3 is 0 Å². The van der Waals surface area contributed by atoms with E-state index >= 15 is 0 Å². The van der Waals surface area contributed by atoms with Crippen LogP contribution in [0.4, 0.5) is 5.69 Å². The molecule has 24 heavy (non-hydrogen) atoms. The Hall–Kier alpha value is -1.92. The molecule has 132 valence electrons. The summed E-state index contributed by atoms with van der Waals surface area (Å²) >= 11 is 0. The number of anilines is 1. The maximum absolute atomic E-state index is 12.0. The van der Waals surface area contributed by atoms with Crippen LogP contribution in [0.5, 0.6) is 0 Å². The molecule has 6 heteroatoms. The zero-order valence-electron chi connectivity index (χ0n) is 14.9. The highest BCUT2D eigenvalue weighted by Gasteiger charge is 2.27. The van der Waals surface area contributed by atoms with Crippen molar-refractivity contribution in [1.29, 1.82) is 0 Å². The molecule has 0 unspecified atom stereocenters. The van der Waals surface area contributed by atoms with Crippen molar-refractivity contribution in [3.05, 3.63) is 29.3 Å². The second-order valence-corrected chi connectivity index (χ2v) is 6.66. The lowest BCUT2D eigenvalue weighted by molar-refractivity contribution is -0.907. The van der Waals surface area contributed by atoms with Gasteiger partial charge < -0.3 is 20.3 Å². The Labute approximate surface area is 143 Å². The highest BCUT2D eigenvalue weighted by atomic mass is 16.5. The van der Waals surface area contributed by atoms with E-state index in [0.29, 0.717) is 6.54 Å². The van der Waals surface area contributed by atoms with E-state index in [2.05, 4.69) is 10.6 Å². The average Bonchev–Trinajstić information content (AvgIpc) is 2.49. The predicted octanol–water partition coefficient (Wildman–Crippen LogP) is 0.0502. The maximum atomic E-state index is 12.0. The van der Waals surface area contributed by atoms with Crippen LogP contribution in [-0.4, -0.2) is 50.2 Å². The second-order valence-electron chi connectivity index (χ2n) is 6.66. The van der Waals surface area contributed by atoms with Gasteiger partial charge in [-0.2, -0.15) is 0 Å². The third-order valence-electron chi connectivity index (χ3n) is 4.35. The summed E-state index contributed by atoms with van der Waals surface area (Å²) in [5, 5.41) is 5.54. The molecule has 0 spiro atoms. The van der Waals surface area contributed by atoms with Crippen molar-refractivity contribution in [3.8, 4) is 0 Å². The first-order valence-electron chi connectivity index (χ1n) is 8.47. The Morgan fingerprint density at radius 2 is 1.83 bits per heavy atom. The van der Waals surface area contributed by atoms with Gasteiger partial charge in [0.15, 0.2) is 6.54 Å².